The van der Waals surface area contributed by atoms with Crippen LogP contribution < -0.4 is 15.5 Å². The lowest BCUT2D eigenvalue weighted by molar-refractivity contribution is 0.00654. The van der Waals surface area contributed by atoms with Crippen LogP contribution in [0.3, 0.4) is 0 Å². The summed E-state index contributed by atoms with van der Waals surface area (Å²) in [5.41, 5.74) is 8.27. The van der Waals surface area contributed by atoms with Gasteiger partial charge in [-0.25, -0.2) is 9.97 Å². The van der Waals surface area contributed by atoms with Crippen molar-refractivity contribution in [3.63, 3.8) is 0 Å². The summed E-state index contributed by atoms with van der Waals surface area (Å²) in [5, 5.41) is 18.6. The lowest BCUT2D eigenvalue weighted by atomic mass is 10.1. The Labute approximate surface area is 217 Å². The lowest BCUT2D eigenvalue weighted by Gasteiger charge is -2.31. The number of para-hydroxylation sites is 1. The molecule has 0 spiro atoms. The number of nitrogens with two attached hydrogens (primary N) is 1. The molecule has 0 bridgehead atoms. The van der Waals surface area contributed by atoms with Gasteiger partial charge in [0, 0.05) is 50.5 Å². The van der Waals surface area contributed by atoms with E-state index >= 15 is 0 Å². The molecular formula is C27H32N8O2. The summed E-state index contributed by atoms with van der Waals surface area (Å²) in [5.74, 6) is 8.31. The maximum absolute atomic E-state index is 10.2. The van der Waals surface area contributed by atoms with Gasteiger partial charge in [-0.1, -0.05) is 18.1 Å². The minimum Gasteiger partial charge on any atom is -0.507 e. The zero-order valence-electron chi connectivity index (χ0n) is 21.0. The third-order valence-corrected chi connectivity index (χ3v) is 6.77. The highest BCUT2D eigenvalue weighted by molar-refractivity contribution is 5.74. The van der Waals surface area contributed by atoms with Crippen LogP contribution in [0.2, 0.25) is 0 Å². The molecule has 1 atom stereocenters. The van der Waals surface area contributed by atoms with Gasteiger partial charge in [0.15, 0.2) is 5.82 Å². The summed E-state index contributed by atoms with van der Waals surface area (Å²) in [6.45, 7) is 8.42. The van der Waals surface area contributed by atoms with Gasteiger partial charge in [-0.3, -0.25) is 4.90 Å². The van der Waals surface area contributed by atoms with E-state index in [1.54, 1.807) is 18.3 Å². The smallest absolute Gasteiger partial charge is 0.206 e. The molecule has 1 unspecified atom stereocenters. The molecule has 3 aromatic rings. The molecule has 10 heteroatoms. The van der Waals surface area contributed by atoms with Crippen LogP contribution in [0.1, 0.15) is 19.2 Å². The number of hydrogen-bond donors (Lipinski definition) is 2. The van der Waals surface area contributed by atoms with Gasteiger partial charge in [0.25, 0.3) is 0 Å². The zero-order valence-corrected chi connectivity index (χ0v) is 21.0. The molecule has 0 saturated carbocycles. The van der Waals surface area contributed by atoms with Crippen molar-refractivity contribution in [2.45, 2.75) is 19.4 Å². The first kappa shape index (κ1) is 24.7. The average Bonchev–Trinajstić information content (AvgIpc) is 3.17. The lowest BCUT2D eigenvalue weighted by Crippen LogP contribution is -2.43. The summed E-state index contributed by atoms with van der Waals surface area (Å²) in [6, 6.07) is 11.3. The van der Waals surface area contributed by atoms with Gasteiger partial charge >= 0.3 is 0 Å². The normalized spacial score (nSPS) is 18.7. The zero-order chi connectivity index (χ0) is 25.6. The van der Waals surface area contributed by atoms with Crippen LogP contribution in [0.4, 0.5) is 17.3 Å². The molecule has 0 amide bonds. The molecule has 2 fully saturated rings. The summed E-state index contributed by atoms with van der Waals surface area (Å²) in [7, 11) is 0. The molecule has 37 heavy (non-hydrogen) atoms. The number of anilines is 3. The average molecular weight is 501 g/mol. The quantitative estimate of drug-likeness (QED) is 0.515. The molecule has 2 aliphatic heterocycles. The van der Waals surface area contributed by atoms with Crippen LogP contribution in [0.25, 0.3) is 11.3 Å². The van der Waals surface area contributed by atoms with Crippen LogP contribution in [0.15, 0.2) is 42.6 Å². The number of aromatic hydroxyl groups is 1. The van der Waals surface area contributed by atoms with Crippen molar-refractivity contribution >= 4 is 17.3 Å². The fourth-order valence-electron chi connectivity index (χ4n) is 4.66. The Kier molecular flexibility index (Phi) is 7.63. The van der Waals surface area contributed by atoms with Crippen molar-refractivity contribution in [2.75, 3.05) is 68.0 Å². The molecule has 2 aliphatic rings. The minimum absolute atomic E-state index is 0.164. The number of morpholine rings is 1. The van der Waals surface area contributed by atoms with E-state index in [0.29, 0.717) is 35.5 Å². The number of nitrogen functional groups attached to an aromatic ring is 1. The van der Waals surface area contributed by atoms with Crippen LogP contribution >= 0.6 is 0 Å². The van der Waals surface area contributed by atoms with Crippen molar-refractivity contribution in [3.05, 3.63) is 48.4 Å². The fraction of sp³-hybridized carbons (Fsp3) is 0.407. The first-order valence-corrected chi connectivity index (χ1v) is 12.6. The van der Waals surface area contributed by atoms with Crippen LogP contribution in [0, 0.1) is 11.8 Å². The Morgan fingerprint density at radius 2 is 1.92 bits per heavy atom. The van der Waals surface area contributed by atoms with Gasteiger partial charge in [-0.2, -0.15) is 0 Å². The number of hydrogen-bond acceptors (Lipinski definition) is 10. The highest BCUT2D eigenvalue weighted by atomic mass is 16.5. The van der Waals surface area contributed by atoms with Gasteiger partial charge in [0.05, 0.1) is 31.1 Å². The highest BCUT2D eigenvalue weighted by Crippen LogP contribution is 2.31. The van der Waals surface area contributed by atoms with E-state index in [-0.39, 0.29) is 5.75 Å². The van der Waals surface area contributed by atoms with Crippen LogP contribution in [-0.2, 0) is 4.74 Å². The number of benzene rings is 1. The van der Waals surface area contributed by atoms with Gasteiger partial charge in [0.1, 0.15) is 11.6 Å². The number of aromatic nitrogens is 4. The maximum Gasteiger partial charge on any atom is 0.206 e. The maximum atomic E-state index is 10.2. The second kappa shape index (κ2) is 11.4. The number of ether oxygens (including phenoxy) is 1. The molecule has 192 valence electrons. The summed E-state index contributed by atoms with van der Waals surface area (Å²) in [6.07, 6.45) is 2.70. The van der Waals surface area contributed by atoms with Gasteiger partial charge in [-0.05, 0) is 43.5 Å². The van der Waals surface area contributed by atoms with Crippen molar-refractivity contribution < 1.29 is 9.84 Å². The van der Waals surface area contributed by atoms with E-state index in [9.17, 15) is 5.11 Å². The standard InChI is InChI=1S/C27H32N8O2/c1-20-19-37-17-16-33(20)11-4-8-25-29-10-9-26(30-25)35-13-5-12-34(14-15-35)23-18-22(31-32-27(23)28)21-6-2-3-7-24(21)36/h2-3,6-7,9-10,18,20,36H,5,11-17,19H2,1H3,(H2,28,32). The van der Waals surface area contributed by atoms with Crippen molar-refractivity contribution in [2.24, 2.45) is 0 Å². The number of rotatable bonds is 4. The number of nitrogens with zero attached hydrogens (tertiary/aromatic N) is 7. The molecule has 1 aromatic carbocycles. The third kappa shape index (κ3) is 5.90. The van der Waals surface area contributed by atoms with E-state index in [0.717, 1.165) is 63.9 Å². The van der Waals surface area contributed by atoms with Crippen LogP contribution in [0.5, 0.6) is 5.75 Å². The summed E-state index contributed by atoms with van der Waals surface area (Å²) < 4.78 is 5.50. The van der Waals surface area contributed by atoms with E-state index in [1.165, 1.54) is 0 Å². The molecule has 0 radical (unpaired) electrons. The molecule has 5 rings (SSSR count). The molecule has 3 N–H and O–H groups in total. The topological polar surface area (TPSA) is 117 Å². The first-order valence-electron chi connectivity index (χ1n) is 12.6. The van der Waals surface area contributed by atoms with Crippen LogP contribution in [-0.4, -0.2) is 88.7 Å². The molecule has 10 nitrogen and oxygen atoms in total. The number of phenolic OH excluding ortho intramolecular Hbond substituents is 1. The van der Waals surface area contributed by atoms with Gasteiger partial charge < -0.3 is 25.4 Å². The fourth-order valence-corrected chi connectivity index (χ4v) is 4.66. The summed E-state index contributed by atoms with van der Waals surface area (Å²) in [4.78, 5) is 15.9. The number of phenols is 1. The molecule has 2 saturated heterocycles. The Balaban J connectivity index is 1.26. The molecule has 2 aromatic heterocycles. The Morgan fingerprint density at radius 1 is 1.08 bits per heavy atom. The minimum atomic E-state index is 0.164. The van der Waals surface area contributed by atoms with E-state index in [4.69, 9.17) is 15.5 Å². The second-order valence-electron chi connectivity index (χ2n) is 9.28. The van der Waals surface area contributed by atoms with Gasteiger partial charge in [0.2, 0.25) is 5.82 Å². The Morgan fingerprint density at radius 3 is 2.78 bits per heavy atom. The molecule has 4 heterocycles. The predicted molar refractivity (Wildman–Crippen MR) is 143 cm³/mol. The SMILES string of the molecule is CC1COCCN1CC#Cc1nccc(N2CCCN(c3cc(-c4ccccc4O)nnc3N)CC2)n1. The Bertz CT molecular complexity index is 1290. The highest BCUT2D eigenvalue weighted by Gasteiger charge is 2.21. The van der Waals surface area contributed by atoms with Crippen molar-refractivity contribution in [1.82, 2.24) is 25.1 Å². The first-order chi connectivity index (χ1) is 18.1. The Hall–Kier alpha value is -3.94. The second-order valence-corrected chi connectivity index (χ2v) is 9.28. The summed E-state index contributed by atoms with van der Waals surface area (Å²) >= 11 is 0. The van der Waals surface area contributed by atoms with E-state index in [2.05, 4.69) is 48.6 Å². The van der Waals surface area contributed by atoms with E-state index in [1.807, 2.05) is 24.3 Å². The van der Waals surface area contributed by atoms with Crippen molar-refractivity contribution in [3.8, 4) is 28.8 Å². The van der Waals surface area contributed by atoms with Crippen molar-refractivity contribution in [1.29, 1.82) is 0 Å². The molecular weight excluding hydrogens is 468 g/mol. The predicted octanol–water partition coefficient (Wildman–Crippen LogP) is 2.01. The largest absolute Gasteiger partial charge is 0.507 e. The molecule has 0 aliphatic carbocycles. The third-order valence-electron chi connectivity index (χ3n) is 6.77. The van der Waals surface area contributed by atoms with Gasteiger partial charge in [-0.15, -0.1) is 10.2 Å². The van der Waals surface area contributed by atoms with E-state index < -0.39 is 0 Å². The monoisotopic (exact) mass is 500 g/mol.